The molecule has 0 amide bonds. The molecule has 0 radical (unpaired) electrons. The zero-order chi connectivity index (χ0) is 27.9. The molecule has 3 aromatic rings. The molecule has 2 aromatic heterocycles. The fourth-order valence-electron chi connectivity index (χ4n) is 4.63. The standard InChI is InChI=1S/C29H33ClFN7O/c1-7-18-12-32-26-21(25(18)33-14-28(3,4)5)10-19(11-22(26)30)35-27(20-8-9-24(31)34-17(20)2)23-13-38(37-36-23)29(6)15-39-16-29/h1,8-13,27,35-37H,14-16H2,2-6H3,(H,32,33)/t27-/m0/s1. The molecule has 10 heteroatoms. The van der Waals surface area contributed by atoms with Crippen LogP contribution >= 0.6 is 11.6 Å². The number of hydrogen-bond donors (Lipinski definition) is 4. The number of fused-ring (bicyclic) bond motifs is 1. The molecule has 1 fully saturated rings. The summed E-state index contributed by atoms with van der Waals surface area (Å²) in [6.07, 6.45) is 9.50. The first-order chi connectivity index (χ1) is 18.5. The number of nitrogens with zero attached hydrogens (tertiary/aromatic N) is 3. The van der Waals surface area contributed by atoms with Crippen molar-refractivity contribution < 1.29 is 9.13 Å². The van der Waals surface area contributed by atoms with Gasteiger partial charge in [0.15, 0.2) is 0 Å². The number of pyridine rings is 2. The maximum Gasteiger partial charge on any atom is 0.213 e. The van der Waals surface area contributed by atoms with Gasteiger partial charge in [0.25, 0.3) is 0 Å². The zero-order valence-electron chi connectivity index (χ0n) is 22.7. The average molecular weight is 550 g/mol. The number of benzene rings is 1. The highest BCUT2D eigenvalue weighted by Crippen LogP contribution is 2.37. The summed E-state index contributed by atoms with van der Waals surface area (Å²) in [4.78, 5) is 8.61. The molecule has 8 nitrogen and oxygen atoms in total. The summed E-state index contributed by atoms with van der Waals surface area (Å²) in [6.45, 7) is 12.3. The lowest BCUT2D eigenvalue weighted by Crippen LogP contribution is -2.62. The van der Waals surface area contributed by atoms with Crippen molar-refractivity contribution in [2.75, 3.05) is 30.4 Å². The summed E-state index contributed by atoms with van der Waals surface area (Å²) >= 11 is 6.76. The lowest BCUT2D eigenvalue weighted by molar-refractivity contribution is -0.129. The first-order valence-electron chi connectivity index (χ1n) is 12.8. The highest BCUT2D eigenvalue weighted by atomic mass is 35.5. The molecule has 204 valence electrons. The molecule has 2 aliphatic heterocycles. The normalized spacial score (nSPS) is 17.2. The van der Waals surface area contributed by atoms with E-state index in [1.807, 2.05) is 23.3 Å². The van der Waals surface area contributed by atoms with Crippen LogP contribution in [0.3, 0.4) is 0 Å². The fraction of sp³-hybridized carbons (Fsp3) is 0.379. The summed E-state index contributed by atoms with van der Waals surface area (Å²) in [5.41, 5.74) is 11.4. The second-order valence-corrected chi connectivity index (χ2v) is 11.9. The van der Waals surface area contributed by atoms with E-state index in [0.717, 1.165) is 28.0 Å². The maximum absolute atomic E-state index is 13.9. The van der Waals surface area contributed by atoms with Gasteiger partial charge in [-0.25, -0.2) is 4.98 Å². The van der Waals surface area contributed by atoms with E-state index in [1.165, 1.54) is 6.07 Å². The van der Waals surface area contributed by atoms with Gasteiger partial charge in [-0.3, -0.25) is 9.99 Å². The highest BCUT2D eigenvalue weighted by Gasteiger charge is 2.41. The van der Waals surface area contributed by atoms with Crippen LogP contribution in [0.4, 0.5) is 15.8 Å². The number of anilines is 2. The number of halogens is 2. The van der Waals surface area contributed by atoms with Crippen LogP contribution in [-0.2, 0) is 4.74 Å². The molecule has 0 unspecified atom stereocenters. The molecule has 2 aliphatic rings. The maximum atomic E-state index is 13.9. The van der Waals surface area contributed by atoms with Crippen molar-refractivity contribution in [1.82, 2.24) is 25.9 Å². The van der Waals surface area contributed by atoms with Gasteiger partial charge in [0, 0.05) is 41.3 Å². The van der Waals surface area contributed by atoms with Crippen molar-refractivity contribution in [2.24, 2.45) is 5.41 Å². The number of rotatable bonds is 7. The minimum Gasteiger partial charge on any atom is -0.383 e. The topological polar surface area (TPSA) is 86.4 Å². The smallest absolute Gasteiger partial charge is 0.213 e. The summed E-state index contributed by atoms with van der Waals surface area (Å²) in [7, 11) is 0. The van der Waals surface area contributed by atoms with E-state index in [-0.39, 0.29) is 11.0 Å². The van der Waals surface area contributed by atoms with Crippen LogP contribution < -0.4 is 21.6 Å². The first-order valence-corrected chi connectivity index (χ1v) is 13.2. The summed E-state index contributed by atoms with van der Waals surface area (Å²) in [5, 5.41) is 10.4. The van der Waals surface area contributed by atoms with E-state index in [4.69, 9.17) is 22.8 Å². The van der Waals surface area contributed by atoms with Gasteiger partial charge in [0.2, 0.25) is 5.95 Å². The van der Waals surface area contributed by atoms with Crippen LogP contribution in [0, 0.1) is 30.6 Å². The van der Waals surface area contributed by atoms with Crippen LogP contribution in [0.15, 0.2) is 42.4 Å². The molecule has 0 aliphatic carbocycles. The van der Waals surface area contributed by atoms with E-state index in [1.54, 1.807) is 19.2 Å². The molecule has 1 atom stereocenters. The third kappa shape index (κ3) is 5.46. The monoisotopic (exact) mass is 549 g/mol. The van der Waals surface area contributed by atoms with Gasteiger partial charge in [0.05, 0.1) is 46.7 Å². The molecule has 0 bridgehead atoms. The Morgan fingerprint density at radius 2 is 2.08 bits per heavy atom. The van der Waals surface area contributed by atoms with Gasteiger partial charge >= 0.3 is 0 Å². The summed E-state index contributed by atoms with van der Waals surface area (Å²) in [5.74, 6) is 2.21. The molecule has 4 N–H and O–H groups in total. The number of aryl methyl sites for hydroxylation is 1. The van der Waals surface area contributed by atoms with E-state index in [2.05, 4.69) is 65.2 Å². The lowest BCUT2D eigenvalue weighted by Gasteiger charge is -2.44. The van der Waals surface area contributed by atoms with Crippen LogP contribution in [0.25, 0.3) is 10.9 Å². The van der Waals surface area contributed by atoms with E-state index < -0.39 is 12.0 Å². The molecular weight excluding hydrogens is 517 g/mol. The Labute approximate surface area is 233 Å². The van der Waals surface area contributed by atoms with Crippen LogP contribution in [0.2, 0.25) is 5.02 Å². The second-order valence-electron chi connectivity index (χ2n) is 11.5. The van der Waals surface area contributed by atoms with Crippen LogP contribution in [0.5, 0.6) is 0 Å². The second kappa shape index (κ2) is 10.2. The predicted molar refractivity (Wildman–Crippen MR) is 153 cm³/mol. The van der Waals surface area contributed by atoms with Crippen molar-refractivity contribution in [1.29, 1.82) is 0 Å². The van der Waals surface area contributed by atoms with Gasteiger partial charge in [0.1, 0.15) is 5.54 Å². The molecule has 1 aromatic carbocycles. The Bertz CT molecular complexity index is 1490. The lowest BCUT2D eigenvalue weighted by atomic mass is 9.96. The molecule has 5 rings (SSSR count). The average Bonchev–Trinajstić information content (AvgIpc) is 3.34. The third-order valence-electron chi connectivity index (χ3n) is 6.90. The Hall–Kier alpha value is -3.58. The number of hydrazine groups is 2. The predicted octanol–water partition coefficient (Wildman–Crippen LogP) is 5.28. The van der Waals surface area contributed by atoms with Crippen molar-refractivity contribution in [3.63, 3.8) is 0 Å². The van der Waals surface area contributed by atoms with Gasteiger partial charge < -0.3 is 20.8 Å². The van der Waals surface area contributed by atoms with Crippen LogP contribution in [0.1, 0.15) is 50.6 Å². The summed E-state index contributed by atoms with van der Waals surface area (Å²) in [6, 6.07) is 6.53. The molecule has 1 saturated heterocycles. The van der Waals surface area contributed by atoms with E-state index in [9.17, 15) is 4.39 Å². The number of terminal acetylenes is 1. The van der Waals surface area contributed by atoms with Crippen LogP contribution in [-0.4, -0.2) is 40.3 Å². The van der Waals surface area contributed by atoms with E-state index >= 15 is 0 Å². The Morgan fingerprint density at radius 1 is 1.31 bits per heavy atom. The van der Waals surface area contributed by atoms with Gasteiger partial charge in [-0.1, -0.05) is 44.4 Å². The number of ether oxygens (including phenoxy) is 1. The Morgan fingerprint density at radius 3 is 2.72 bits per heavy atom. The molecule has 39 heavy (non-hydrogen) atoms. The molecule has 0 saturated carbocycles. The first kappa shape index (κ1) is 27.0. The minimum absolute atomic E-state index is 0.0287. The molecular formula is C29H33ClFN7O. The van der Waals surface area contributed by atoms with Crippen molar-refractivity contribution in [3.8, 4) is 12.3 Å². The highest BCUT2D eigenvalue weighted by molar-refractivity contribution is 6.35. The Kier molecular flexibility index (Phi) is 7.06. The number of aromatic nitrogens is 2. The minimum atomic E-state index is -0.529. The number of nitrogens with one attached hydrogen (secondary N) is 4. The van der Waals surface area contributed by atoms with Crippen molar-refractivity contribution in [3.05, 3.63) is 70.2 Å². The summed E-state index contributed by atoms with van der Waals surface area (Å²) < 4.78 is 19.4. The van der Waals surface area contributed by atoms with Crippen molar-refractivity contribution >= 4 is 33.9 Å². The Balaban J connectivity index is 1.58. The quantitative estimate of drug-likeness (QED) is 0.234. The SMILES string of the molecule is C#Cc1cnc2c(Cl)cc(N[C@H](C3=CN(C4(C)COC4)NN3)c3ccc(F)nc3C)cc2c1NCC(C)(C)C. The molecule has 0 spiro atoms. The molecule has 4 heterocycles. The fourth-order valence-corrected chi connectivity index (χ4v) is 4.90. The van der Waals surface area contributed by atoms with Gasteiger partial charge in [-0.2, -0.15) is 4.39 Å². The van der Waals surface area contributed by atoms with Gasteiger partial charge in [-0.05, 0) is 37.5 Å². The largest absolute Gasteiger partial charge is 0.383 e. The van der Waals surface area contributed by atoms with Crippen molar-refractivity contribution in [2.45, 2.75) is 46.2 Å². The zero-order valence-corrected chi connectivity index (χ0v) is 23.5. The van der Waals surface area contributed by atoms with Gasteiger partial charge in [-0.15, -0.1) is 12.0 Å². The van der Waals surface area contributed by atoms with E-state index in [0.29, 0.717) is 41.6 Å². The number of hydrogen-bond acceptors (Lipinski definition) is 8. The third-order valence-corrected chi connectivity index (χ3v) is 7.19.